The van der Waals surface area contributed by atoms with Gasteiger partial charge in [-0.05, 0) is 42.9 Å². The summed E-state index contributed by atoms with van der Waals surface area (Å²) in [4.78, 5) is 24.6. The maximum atomic E-state index is 13.2. The van der Waals surface area contributed by atoms with E-state index in [4.69, 9.17) is 5.21 Å². The number of amides is 2. The fourth-order valence-corrected chi connectivity index (χ4v) is 6.20. The molecule has 0 radical (unpaired) electrons. The minimum absolute atomic E-state index is 0.0973. The van der Waals surface area contributed by atoms with Crippen LogP contribution >= 0.6 is 0 Å². The molecule has 1 aromatic carbocycles. The predicted octanol–water partition coefficient (Wildman–Crippen LogP) is 2.55. The molecule has 186 valence electrons. The molecule has 2 atom stereocenters. The van der Waals surface area contributed by atoms with Crippen LogP contribution in [0.5, 0.6) is 0 Å². The summed E-state index contributed by atoms with van der Waals surface area (Å²) in [6.45, 7) is 2.47. The van der Waals surface area contributed by atoms with Gasteiger partial charge in [-0.1, -0.05) is 44.7 Å². The smallest absolute Gasteiger partial charge is 0.248 e. The van der Waals surface area contributed by atoms with Gasteiger partial charge in [0.25, 0.3) is 0 Å². The molecule has 1 heterocycles. The second-order valence-corrected chi connectivity index (χ2v) is 10.5. The average Bonchev–Trinajstić information content (AvgIpc) is 2.82. The maximum absolute atomic E-state index is 13.2. The second kappa shape index (κ2) is 13.0. The summed E-state index contributed by atoms with van der Waals surface area (Å²) in [5.41, 5.74) is 3.94. The van der Waals surface area contributed by atoms with E-state index >= 15 is 0 Å². The first kappa shape index (κ1) is 27.2. The molecule has 2 unspecified atom stereocenters. The summed E-state index contributed by atoms with van der Waals surface area (Å²) < 4.78 is 40.7. The Hall–Kier alpha value is -2.08. The number of hydrogen-bond donors (Lipinski definition) is 4. The summed E-state index contributed by atoms with van der Waals surface area (Å²) in [6, 6.07) is 6.15. The number of hydroxylamine groups is 2. The highest BCUT2D eigenvalue weighted by atomic mass is 32.2. The van der Waals surface area contributed by atoms with Crippen molar-refractivity contribution in [3.8, 4) is 0 Å². The van der Waals surface area contributed by atoms with Crippen LogP contribution in [0.3, 0.4) is 0 Å². The summed E-state index contributed by atoms with van der Waals surface area (Å²) >= 11 is 0. The van der Waals surface area contributed by atoms with Crippen LogP contribution in [-0.4, -0.2) is 53.8 Å². The molecule has 9 nitrogen and oxygen atoms in total. The zero-order valence-electron chi connectivity index (χ0n) is 18.9. The van der Waals surface area contributed by atoms with Crippen molar-refractivity contribution in [1.82, 2.24) is 15.3 Å². The first-order chi connectivity index (χ1) is 15.7. The van der Waals surface area contributed by atoms with Gasteiger partial charge in [-0.25, -0.2) is 28.1 Å². The molecule has 0 saturated carbocycles. The molecule has 0 aliphatic carbocycles. The van der Waals surface area contributed by atoms with Crippen molar-refractivity contribution in [2.75, 3.05) is 18.8 Å². The summed E-state index contributed by atoms with van der Waals surface area (Å²) in [7, 11) is -3.93. The third-order valence-corrected chi connectivity index (χ3v) is 8.26. The highest BCUT2D eigenvalue weighted by molar-refractivity contribution is 7.89. The number of rotatable bonds is 12. The van der Waals surface area contributed by atoms with Gasteiger partial charge >= 0.3 is 0 Å². The summed E-state index contributed by atoms with van der Waals surface area (Å²) in [5, 5.41) is 18.3. The molecule has 1 saturated heterocycles. The largest absolute Gasteiger partial charge is 0.289 e. The predicted molar refractivity (Wildman–Crippen MR) is 119 cm³/mol. The second-order valence-electron chi connectivity index (χ2n) is 8.52. The molecule has 33 heavy (non-hydrogen) atoms. The number of benzene rings is 1. The van der Waals surface area contributed by atoms with Gasteiger partial charge in [-0.15, -0.1) is 0 Å². The molecule has 0 spiro atoms. The van der Waals surface area contributed by atoms with E-state index in [0.717, 1.165) is 24.8 Å². The highest BCUT2D eigenvalue weighted by Gasteiger charge is 2.39. The number of nitrogens with zero attached hydrogens (tertiary/aromatic N) is 1. The number of hydrogen-bond acceptors (Lipinski definition) is 6. The van der Waals surface area contributed by atoms with E-state index < -0.39 is 39.4 Å². The van der Waals surface area contributed by atoms with Crippen molar-refractivity contribution in [3.63, 3.8) is 0 Å². The number of carbonyl (C=O) groups excluding carboxylic acids is 2. The molecule has 2 amide bonds. The van der Waals surface area contributed by atoms with Gasteiger partial charge in [-0.2, -0.15) is 0 Å². The minimum atomic E-state index is -3.93. The molecule has 1 aliphatic heterocycles. The molecule has 11 heteroatoms. The molecule has 0 bridgehead atoms. The molecule has 1 aromatic rings. The minimum Gasteiger partial charge on any atom is -0.289 e. The summed E-state index contributed by atoms with van der Waals surface area (Å²) in [5.74, 6) is -5.20. The molecule has 2 rings (SSSR count). The third kappa shape index (κ3) is 7.73. The molecule has 0 aromatic heterocycles. The van der Waals surface area contributed by atoms with Crippen LogP contribution < -0.4 is 11.0 Å². The molecular weight excluding hydrogens is 453 g/mol. The van der Waals surface area contributed by atoms with Gasteiger partial charge in [0.05, 0.1) is 17.6 Å². The van der Waals surface area contributed by atoms with Crippen LogP contribution in [0, 0.1) is 17.7 Å². The Morgan fingerprint density at radius 2 is 1.61 bits per heavy atom. The van der Waals surface area contributed by atoms with E-state index in [2.05, 4.69) is 0 Å². The number of unbranched alkanes of at least 4 members (excludes halogenated alkanes) is 3. The Morgan fingerprint density at radius 1 is 1.03 bits per heavy atom. The fourth-order valence-electron chi connectivity index (χ4n) is 4.38. The molecule has 1 aliphatic rings. The van der Waals surface area contributed by atoms with E-state index in [0.29, 0.717) is 19.3 Å². The normalized spacial score (nSPS) is 17.3. The van der Waals surface area contributed by atoms with E-state index in [1.807, 2.05) is 6.92 Å². The number of piperidine rings is 1. The van der Waals surface area contributed by atoms with Crippen molar-refractivity contribution < 1.29 is 32.8 Å². The number of nitrogens with one attached hydrogen (secondary N) is 2. The first-order valence-electron chi connectivity index (χ1n) is 11.3. The van der Waals surface area contributed by atoms with Crippen molar-refractivity contribution in [2.24, 2.45) is 11.8 Å². The SMILES string of the molecule is CCCCCCC(C(=O)NO)C(CS(=O)(=O)N1CCC(c2ccc(F)cc2)CC1)C(=O)NO. The average molecular weight is 488 g/mol. The number of sulfonamides is 1. The van der Waals surface area contributed by atoms with Crippen LogP contribution in [-0.2, 0) is 19.6 Å². The lowest BCUT2D eigenvalue weighted by Gasteiger charge is -2.33. The van der Waals surface area contributed by atoms with Crippen LogP contribution in [0.1, 0.15) is 63.4 Å². The Labute approximate surface area is 194 Å². The Kier molecular flexibility index (Phi) is 10.7. The van der Waals surface area contributed by atoms with Crippen LogP contribution in [0.4, 0.5) is 4.39 Å². The molecule has 1 fully saturated rings. The third-order valence-electron chi connectivity index (χ3n) is 6.33. The monoisotopic (exact) mass is 487 g/mol. The highest BCUT2D eigenvalue weighted by Crippen LogP contribution is 2.31. The van der Waals surface area contributed by atoms with Gasteiger partial charge in [0.15, 0.2) is 0 Å². The number of carbonyl (C=O) groups is 2. The van der Waals surface area contributed by atoms with Gasteiger partial charge < -0.3 is 0 Å². The van der Waals surface area contributed by atoms with Crippen LogP contribution in [0.15, 0.2) is 24.3 Å². The van der Waals surface area contributed by atoms with Gasteiger partial charge in [0.1, 0.15) is 5.82 Å². The van der Waals surface area contributed by atoms with Gasteiger partial charge in [-0.3, -0.25) is 20.0 Å². The Bertz CT molecular complexity index is 873. The lowest BCUT2D eigenvalue weighted by molar-refractivity contribution is -0.143. The lowest BCUT2D eigenvalue weighted by Crippen LogP contribution is -2.47. The lowest BCUT2D eigenvalue weighted by atomic mass is 9.87. The zero-order chi connectivity index (χ0) is 24.4. The molecular formula is C22H34FN3O6S. The Balaban J connectivity index is 2.10. The van der Waals surface area contributed by atoms with Crippen molar-refractivity contribution in [1.29, 1.82) is 0 Å². The van der Waals surface area contributed by atoms with Crippen LogP contribution in [0.25, 0.3) is 0 Å². The van der Waals surface area contributed by atoms with E-state index in [1.54, 1.807) is 12.1 Å². The number of halogens is 1. The summed E-state index contributed by atoms with van der Waals surface area (Å²) in [6.07, 6.45) is 4.53. The van der Waals surface area contributed by atoms with Crippen molar-refractivity contribution >= 4 is 21.8 Å². The Morgan fingerprint density at radius 3 is 2.15 bits per heavy atom. The van der Waals surface area contributed by atoms with E-state index in [9.17, 15) is 27.6 Å². The topological polar surface area (TPSA) is 136 Å². The first-order valence-corrected chi connectivity index (χ1v) is 13.0. The van der Waals surface area contributed by atoms with Crippen molar-refractivity contribution in [2.45, 2.75) is 57.8 Å². The van der Waals surface area contributed by atoms with E-state index in [1.165, 1.54) is 27.4 Å². The van der Waals surface area contributed by atoms with Gasteiger partial charge in [0.2, 0.25) is 21.8 Å². The standard InChI is InChI=1S/C22H34FN3O6S/c1-2-3-4-5-6-19(21(27)24-29)20(22(28)25-30)15-33(31,32)26-13-11-17(12-14-26)16-7-9-18(23)10-8-16/h7-10,17,19-20,29-30H,2-6,11-15H2,1H3,(H,24,27)(H,25,28). The fraction of sp³-hybridized carbons (Fsp3) is 0.636. The van der Waals surface area contributed by atoms with E-state index in [-0.39, 0.29) is 31.2 Å². The van der Waals surface area contributed by atoms with Crippen molar-refractivity contribution in [3.05, 3.63) is 35.6 Å². The molecule has 4 N–H and O–H groups in total. The van der Waals surface area contributed by atoms with Gasteiger partial charge in [0, 0.05) is 13.1 Å². The quantitative estimate of drug-likeness (QED) is 0.203. The van der Waals surface area contributed by atoms with Crippen LogP contribution in [0.2, 0.25) is 0 Å². The zero-order valence-corrected chi connectivity index (χ0v) is 19.7. The maximum Gasteiger partial charge on any atom is 0.248 e.